The summed E-state index contributed by atoms with van der Waals surface area (Å²) in [6.45, 7) is 2.16. The molecule has 15 heteroatoms. The van der Waals surface area contributed by atoms with Gasteiger partial charge in [0.15, 0.2) is 0 Å². The Morgan fingerprint density at radius 1 is 0.702 bits per heavy atom. The third-order valence-corrected chi connectivity index (χ3v) is 10.3. The van der Waals surface area contributed by atoms with Crippen LogP contribution >= 0.6 is 0 Å². The zero-order valence-corrected chi connectivity index (χ0v) is 25.7. The summed E-state index contributed by atoms with van der Waals surface area (Å²) in [5.41, 5.74) is -1.30. The van der Waals surface area contributed by atoms with Crippen LogP contribution in [-0.4, -0.2) is 46.9 Å². The minimum absolute atomic E-state index is 0.246. The van der Waals surface area contributed by atoms with Crippen LogP contribution in [-0.2, 0) is 16.6 Å². The summed E-state index contributed by atoms with van der Waals surface area (Å²) in [5, 5.41) is 10.2. The van der Waals surface area contributed by atoms with Crippen LogP contribution in [0.1, 0.15) is 102 Å². The number of aliphatic carboxylic acids is 1. The number of benzene rings is 1. The molecule has 0 bridgehead atoms. The fourth-order valence-electron chi connectivity index (χ4n) is 7.11. The molecular formula is C32H39F13O2. The van der Waals surface area contributed by atoms with E-state index in [9.17, 15) is 67.0 Å². The number of carboxylic acid groups (broad SMARTS) is 1. The van der Waals surface area contributed by atoms with E-state index in [-0.39, 0.29) is 24.0 Å². The molecule has 270 valence electrons. The fraction of sp³-hybridized carbons (Fsp3) is 0.781. The molecule has 47 heavy (non-hydrogen) atoms. The summed E-state index contributed by atoms with van der Waals surface area (Å²) < 4.78 is 174. The van der Waals surface area contributed by atoms with Crippen molar-refractivity contribution in [2.45, 2.75) is 138 Å². The average Bonchev–Trinajstić information content (AvgIpc) is 3.00. The maximum atomic E-state index is 14.2. The number of hydrogen-bond donors (Lipinski definition) is 1. The first-order valence-electron chi connectivity index (χ1n) is 15.8. The molecule has 0 spiro atoms. The Balaban J connectivity index is 1.66. The molecule has 0 amide bonds. The number of unbranched alkanes of at least 4 members (excludes halogenated alkanes) is 2. The third kappa shape index (κ3) is 7.38. The van der Waals surface area contributed by atoms with E-state index in [1.165, 1.54) is 31.4 Å². The minimum Gasteiger partial charge on any atom is -0.481 e. The number of halogens is 13. The first kappa shape index (κ1) is 39.2. The van der Waals surface area contributed by atoms with Crippen molar-refractivity contribution in [3.63, 3.8) is 0 Å². The highest BCUT2D eigenvalue weighted by Gasteiger charge is 2.90. The van der Waals surface area contributed by atoms with Crippen molar-refractivity contribution < 1.29 is 67.0 Å². The summed E-state index contributed by atoms with van der Waals surface area (Å²) in [6, 6.07) is 4.61. The Morgan fingerprint density at radius 3 is 1.66 bits per heavy atom. The SMILES string of the molecule is CCCCCC1CCC(C2CCC(C(=O)O)(c3ccc(CCC(F)(F)C(F)(F)C(F)(F)C(F)(F)C(F)(F)C(F)(F)F)cc3)CC2)CC1. The molecule has 0 aliphatic heterocycles. The molecule has 1 aromatic carbocycles. The van der Waals surface area contributed by atoms with Crippen molar-refractivity contribution in [3.8, 4) is 0 Å². The molecule has 2 saturated carbocycles. The van der Waals surface area contributed by atoms with Gasteiger partial charge in [-0.3, -0.25) is 4.79 Å². The molecule has 3 rings (SSSR count). The smallest absolute Gasteiger partial charge is 0.460 e. The van der Waals surface area contributed by atoms with E-state index in [1.807, 2.05) is 0 Å². The summed E-state index contributed by atoms with van der Waals surface area (Å²) in [5.74, 6) is -36.6. The maximum absolute atomic E-state index is 14.2. The Kier molecular flexibility index (Phi) is 11.6. The second kappa shape index (κ2) is 14.0. The number of aryl methyl sites for hydroxylation is 1. The van der Waals surface area contributed by atoms with Gasteiger partial charge in [-0.15, -0.1) is 0 Å². The van der Waals surface area contributed by atoms with Gasteiger partial charge in [0.2, 0.25) is 0 Å². The molecule has 0 aromatic heterocycles. The van der Waals surface area contributed by atoms with Crippen LogP contribution in [0.4, 0.5) is 57.1 Å². The Morgan fingerprint density at radius 2 is 1.19 bits per heavy atom. The molecule has 2 fully saturated rings. The summed E-state index contributed by atoms with van der Waals surface area (Å²) in [6.07, 6.45) is 0.0721. The van der Waals surface area contributed by atoms with Gasteiger partial charge in [0.25, 0.3) is 0 Å². The van der Waals surface area contributed by atoms with Crippen molar-refractivity contribution in [2.75, 3.05) is 0 Å². The number of hydrogen-bond acceptors (Lipinski definition) is 1. The lowest BCUT2D eigenvalue weighted by molar-refractivity contribution is -0.440. The Bertz CT molecular complexity index is 1180. The van der Waals surface area contributed by atoms with Gasteiger partial charge >= 0.3 is 41.8 Å². The van der Waals surface area contributed by atoms with Crippen molar-refractivity contribution in [1.29, 1.82) is 0 Å². The molecule has 2 nitrogen and oxygen atoms in total. The molecule has 0 unspecified atom stereocenters. The predicted octanol–water partition coefficient (Wildman–Crippen LogP) is 11.3. The Labute approximate surface area is 264 Å². The van der Waals surface area contributed by atoms with Gasteiger partial charge in [-0.2, -0.15) is 57.1 Å². The largest absolute Gasteiger partial charge is 0.481 e. The highest BCUT2D eigenvalue weighted by molar-refractivity contribution is 5.81. The zero-order chi connectivity index (χ0) is 35.7. The highest BCUT2D eigenvalue weighted by Crippen LogP contribution is 2.61. The highest BCUT2D eigenvalue weighted by atomic mass is 19.4. The van der Waals surface area contributed by atoms with Crippen LogP contribution in [0.2, 0.25) is 0 Å². The van der Waals surface area contributed by atoms with Crippen molar-refractivity contribution >= 4 is 5.97 Å². The second-order valence-electron chi connectivity index (χ2n) is 13.2. The molecule has 1 aromatic rings. The van der Waals surface area contributed by atoms with Crippen LogP contribution in [0.5, 0.6) is 0 Å². The van der Waals surface area contributed by atoms with Gasteiger partial charge in [0.05, 0.1) is 5.41 Å². The zero-order valence-electron chi connectivity index (χ0n) is 25.7. The summed E-state index contributed by atoms with van der Waals surface area (Å²) >= 11 is 0. The molecule has 0 saturated heterocycles. The van der Waals surface area contributed by atoms with Crippen LogP contribution in [0.3, 0.4) is 0 Å². The van der Waals surface area contributed by atoms with Crippen LogP contribution in [0.15, 0.2) is 24.3 Å². The number of carbonyl (C=O) groups is 1. The van der Waals surface area contributed by atoms with Gasteiger partial charge < -0.3 is 5.11 Å². The van der Waals surface area contributed by atoms with Crippen molar-refractivity contribution in [3.05, 3.63) is 35.4 Å². The maximum Gasteiger partial charge on any atom is 0.460 e. The molecule has 0 radical (unpaired) electrons. The van der Waals surface area contributed by atoms with Gasteiger partial charge in [0, 0.05) is 6.42 Å². The monoisotopic (exact) mass is 702 g/mol. The van der Waals surface area contributed by atoms with Crippen LogP contribution in [0, 0.1) is 17.8 Å². The van der Waals surface area contributed by atoms with E-state index in [1.54, 1.807) is 0 Å². The predicted molar refractivity (Wildman–Crippen MR) is 146 cm³/mol. The topological polar surface area (TPSA) is 37.3 Å². The van der Waals surface area contributed by atoms with Gasteiger partial charge in [-0.25, -0.2) is 0 Å². The average molecular weight is 703 g/mol. The third-order valence-electron chi connectivity index (χ3n) is 10.3. The lowest BCUT2D eigenvalue weighted by Crippen LogP contribution is -2.70. The minimum atomic E-state index is -7.93. The first-order chi connectivity index (χ1) is 21.5. The summed E-state index contributed by atoms with van der Waals surface area (Å²) in [7, 11) is 0. The Hall–Kier alpha value is -2.22. The first-order valence-corrected chi connectivity index (χ1v) is 15.8. The van der Waals surface area contributed by atoms with E-state index < -0.39 is 60.0 Å². The molecule has 0 atom stereocenters. The molecular weight excluding hydrogens is 663 g/mol. The van der Waals surface area contributed by atoms with E-state index in [4.69, 9.17) is 0 Å². The van der Waals surface area contributed by atoms with Gasteiger partial charge in [-0.05, 0) is 73.8 Å². The van der Waals surface area contributed by atoms with E-state index in [0.717, 1.165) is 44.2 Å². The number of alkyl halides is 13. The van der Waals surface area contributed by atoms with E-state index in [2.05, 4.69) is 6.92 Å². The van der Waals surface area contributed by atoms with Gasteiger partial charge in [-0.1, -0.05) is 69.7 Å². The standard InChI is InChI=1S/C32H39F13O2/c1-2-3-4-5-20-6-10-22(11-7-20)23-15-17-26(18-16-23,25(46)47)24-12-8-21(9-13-24)14-19-27(33,34)28(35,36)29(37,38)30(39,40)31(41,42)32(43,44)45/h8-9,12-13,20,22-23H,2-7,10-11,14-19H2,1H3,(H,46,47). The quantitative estimate of drug-likeness (QED) is 0.155. The number of rotatable bonds is 14. The lowest BCUT2D eigenvalue weighted by Gasteiger charge is -2.42. The summed E-state index contributed by atoms with van der Waals surface area (Å²) in [4.78, 5) is 12.4. The molecule has 0 heterocycles. The fourth-order valence-corrected chi connectivity index (χ4v) is 7.11. The van der Waals surface area contributed by atoms with Crippen molar-refractivity contribution in [2.24, 2.45) is 17.8 Å². The lowest BCUT2D eigenvalue weighted by atomic mass is 9.62. The van der Waals surface area contributed by atoms with Gasteiger partial charge in [0.1, 0.15) is 0 Å². The van der Waals surface area contributed by atoms with E-state index >= 15 is 0 Å². The molecule has 2 aliphatic rings. The van der Waals surface area contributed by atoms with Crippen molar-refractivity contribution in [1.82, 2.24) is 0 Å². The van der Waals surface area contributed by atoms with E-state index in [0.29, 0.717) is 30.6 Å². The number of carboxylic acids is 1. The van der Waals surface area contributed by atoms with Crippen LogP contribution < -0.4 is 0 Å². The van der Waals surface area contributed by atoms with Crippen LogP contribution in [0.25, 0.3) is 0 Å². The molecule has 2 aliphatic carbocycles. The second-order valence-corrected chi connectivity index (χ2v) is 13.2. The normalized spacial score (nSPS) is 25.5. The molecule has 1 N–H and O–H groups in total.